The number of carboxylic acid groups (broad SMARTS) is 1. The molecule has 2 aromatic rings. The van der Waals surface area contributed by atoms with Crippen molar-refractivity contribution in [3.05, 3.63) is 42.0 Å². The lowest BCUT2D eigenvalue weighted by molar-refractivity contribution is -0.138. The highest BCUT2D eigenvalue weighted by Crippen LogP contribution is 2.34. The molecule has 0 radical (unpaired) electrons. The number of carboxylic acids is 1. The summed E-state index contributed by atoms with van der Waals surface area (Å²) in [6, 6.07) is 11.5. The summed E-state index contributed by atoms with van der Waals surface area (Å²) in [5.74, 6) is -0.811. The first-order valence-corrected chi connectivity index (χ1v) is 5.43. The molecule has 0 saturated heterocycles. The van der Waals surface area contributed by atoms with Crippen LogP contribution in [0.3, 0.4) is 0 Å². The first kappa shape index (κ1) is 11.5. The van der Waals surface area contributed by atoms with Crippen molar-refractivity contribution in [2.75, 3.05) is 7.11 Å². The summed E-state index contributed by atoms with van der Waals surface area (Å²) in [5.41, 5.74) is 0.734. The summed E-state index contributed by atoms with van der Waals surface area (Å²) in [5, 5.41) is 11.1. The van der Waals surface area contributed by atoms with Crippen molar-refractivity contribution < 1.29 is 14.6 Å². The highest BCUT2D eigenvalue weighted by molar-refractivity contribution is 5.92. The van der Waals surface area contributed by atoms with Gasteiger partial charge in [-0.1, -0.05) is 30.3 Å². The van der Waals surface area contributed by atoms with E-state index in [4.69, 9.17) is 9.84 Å². The number of carbonyl (C=O) groups is 1. The van der Waals surface area contributed by atoms with Gasteiger partial charge in [0.15, 0.2) is 0 Å². The molecule has 0 saturated carbocycles. The van der Waals surface area contributed by atoms with Crippen LogP contribution in [0.1, 0.15) is 18.4 Å². The molecule has 1 atom stereocenters. The van der Waals surface area contributed by atoms with Gasteiger partial charge in [-0.3, -0.25) is 4.79 Å². The number of methoxy groups -OCH3 is 1. The smallest absolute Gasteiger partial charge is 0.310 e. The molecule has 0 heterocycles. The monoisotopic (exact) mass is 230 g/mol. The third-order valence-electron chi connectivity index (χ3n) is 2.95. The molecule has 0 fully saturated rings. The number of rotatable bonds is 3. The molecule has 2 rings (SSSR count). The minimum absolute atomic E-state index is 0.587. The number of benzene rings is 2. The quantitative estimate of drug-likeness (QED) is 0.881. The lowest BCUT2D eigenvalue weighted by atomic mass is 9.94. The third-order valence-corrected chi connectivity index (χ3v) is 2.95. The molecule has 0 amide bonds. The Morgan fingerprint density at radius 2 is 1.94 bits per heavy atom. The Morgan fingerprint density at radius 1 is 1.24 bits per heavy atom. The molecule has 0 aliphatic heterocycles. The van der Waals surface area contributed by atoms with E-state index >= 15 is 0 Å². The maximum Gasteiger partial charge on any atom is 0.310 e. The zero-order valence-corrected chi connectivity index (χ0v) is 9.81. The second-order valence-corrected chi connectivity index (χ2v) is 3.96. The molecular formula is C14H14O3. The highest BCUT2D eigenvalue weighted by Gasteiger charge is 2.20. The first-order chi connectivity index (χ1) is 8.15. The maximum absolute atomic E-state index is 11.2. The number of hydrogen-bond donors (Lipinski definition) is 1. The van der Waals surface area contributed by atoms with Gasteiger partial charge in [0.1, 0.15) is 5.75 Å². The maximum atomic E-state index is 11.2. The predicted molar refractivity (Wildman–Crippen MR) is 66.6 cm³/mol. The molecule has 1 N–H and O–H groups in total. The summed E-state index contributed by atoms with van der Waals surface area (Å²) in [4.78, 5) is 11.2. The zero-order chi connectivity index (χ0) is 12.4. The fraction of sp³-hybridized carbons (Fsp3) is 0.214. The van der Waals surface area contributed by atoms with Crippen molar-refractivity contribution >= 4 is 16.7 Å². The van der Waals surface area contributed by atoms with Gasteiger partial charge in [-0.05, 0) is 23.8 Å². The van der Waals surface area contributed by atoms with Crippen LogP contribution < -0.4 is 4.74 Å². The number of ether oxygens (including phenoxy) is 1. The molecule has 88 valence electrons. The number of aliphatic carboxylic acids is 1. The van der Waals surface area contributed by atoms with E-state index in [2.05, 4.69) is 0 Å². The van der Waals surface area contributed by atoms with E-state index in [1.54, 1.807) is 14.0 Å². The van der Waals surface area contributed by atoms with Crippen molar-refractivity contribution in [2.45, 2.75) is 12.8 Å². The summed E-state index contributed by atoms with van der Waals surface area (Å²) < 4.78 is 5.26. The number of fused-ring (bicyclic) bond motifs is 1. The zero-order valence-electron chi connectivity index (χ0n) is 9.81. The first-order valence-electron chi connectivity index (χ1n) is 5.43. The van der Waals surface area contributed by atoms with Crippen LogP contribution in [0.15, 0.2) is 36.4 Å². The highest BCUT2D eigenvalue weighted by atomic mass is 16.5. The van der Waals surface area contributed by atoms with Crippen LogP contribution in [0.4, 0.5) is 0 Å². The van der Waals surface area contributed by atoms with E-state index < -0.39 is 11.9 Å². The van der Waals surface area contributed by atoms with E-state index in [-0.39, 0.29) is 0 Å². The Hall–Kier alpha value is -2.03. The average Bonchev–Trinajstić information content (AvgIpc) is 2.36. The molecule has 0 aliphatic rings. The van der Waals surface area contributed by atoms with E-state index in [0.717, 1.165) is 16.3 Å². The van der Waals surface area contributed by atoms with Crippen molar-refractivity contribution in [3.63, 3.8) is 0 Å². The Morgan fingerprint density at radius 3 is 2.59 bits per heavy atom. The van der Waals surface area contributed by atoms with Gasteiger partial charge in [-0.2, -0.15) is 0 Å². The molecule has 0 spiro atoms. The van der Waals surface area contributed by atoms with Gasteiger partial charge in [0.25, 0.3) is 0 Å². The second-order valence-electron chi connectivity index (χ2n) is 3.96. The van der Waals surface area contributed by atoms with Crippen LogP contribution in [0.5, 0.6) is 5.75 Å². The van der Waals surface area contributed by atoms with Crippen molar-refractivity contribution in [3.8, 4) is 5.75 Å². The summed E-state index contributed by atoms with van der Waals surface area (Å²) >= 11 is 0. The van der Waals surface area contributed by atoms with Crippen LogP contribution >= 0.6 is 0 Å². The Bertz CT molecular complexity index is 560. The van der Waals surface area contributed by atoms with Crippen LogP contribution in [0, 0.1) is 0 Å². The lowest BCUT2D eigenvalue weighted by Gasteiger charge is -2.15. The molecular weight excluding hydrogens is 216 g/mol. The molecule has 1 unspecified atom stereocenters. The standard InChI is InChI=1S/C14H14O3/c1-9(14(15)16)13-11-6-4-3-5-10(11)7-8-12(13)17-2/h3-9H,1-2H3,(H,15,16). The van der Waals surface area contributed by atoms with Crippen LogP contribution in [0.25, 0.3) is 10.8 Å². The fourth-order valence-electron chi connectivity index (χ4n) is 2.02. The average molecular weight is 230 g/mol. The minimum atomic E-state index is -0.848. The second kappa shape index (κ2) is 4.45. The molecule has 0 aromatic heterocycles. The van der Waals surface area contributed by atoms with Gasteiger partial charge in [0.05, 0.1) is 13.0 Å². The minimum Gasteiger partial charge on any atom is -0.496 e. The topological polar surface area (TPSA) is 46.5 Å². The summed E-state index contributed by atoms with van der Waals surface area (Å²) in [6.07, 6.45) is 0. The van der Waals surface area contributed by atoms with E-state index in [9.17, 15) is 4.79 Å². The Balaban J connectivity index is 2.75. The largest absolute Gasteiger partial charge is 0.496 e. The van der Waals surface area contributed by atoms with E-state index in [1.165, 1.54) is 0 Å². The van der Waals surface area contributed by atoms with Gasteiger partial charge >= 0.3 is 5.97 Å². The van der Waals surface area contributed by atoms with Crippen molar-refractivity contribution in [1.82, 2.24) is 0 Å². The van der Waals surface area contributed by atoms with Crippen LogP contribution in [0.2, 0.25) is 0 Å². The number of hydrogen-bond acceptors (Lipinski definition) is 2. The van der Waals surface area contributed by atoms with E-state index in [0.29, 0.717) is 5.75 Å². The summed E-state index contributed by atoms with van der Waals surface area (Å²) in [6.45, 7) is 1.67. The fourth-order valence-corrected chi connectivity index (χ4v) is 2.02. The Labute approximate surface area is 99.6 Å². The predicted octanol–water partition coefficient (Wildman–Crippen LogP) is 3.04. The van der Waals surface area contributed by atoms with Crippen LogP contribution in [-0.4, -0.2) is 18.2 Å². The molecule has 17 heavy (non-hydrogen) atoms. The van der Waals surface area contributed by atoms with Crippen molar-refractivity contribution in [2.24, 2.45) is 0 Å². The molecule has 3 heteroatoms. The van der Waals surface area contributed by atoms with Crippen LogP contribution in [-0.2, 0) is 4.79 Å². The lowest BCUT2D eigenvalue weighted by Crippen LogP contribution is -2.09. The molecule has 3 nitrogen and oxygen atoms in total. The summed E-state index contributed by atoms with van der Waals surface area (Å²) in [7, 11) is 1.56. The Kier molecular flexibility index (Phi) is 3.00. The van der Waals surface area contributed by atoms with Crippen molar-refractivity contribution in [1.29, 1.82) is 0 Å². The molecule has 2 aromatic carbocycles. The SMILES string of the molecule is COc1ccc2ccccc2c1C(C)C(=O)O. The molecule has 0 bridgehead atoms. The van der Waals surface area contributed by atoms with Gasteiger partial charge in [-0.25, -0.2) is 0 Å². The van der Waals surface area contributed by atoms with Gasteiger partial charge in [0, 0.05) is 5.56 Å². The van der Waals surface area contributed by atoms with Gasteiger partial charge < -0.3 is 9.84 Å². The normalized spacial score (nSPS) is 12.4. The third kappa shape index (κ3) is 1.96. The van der Waals surface area contributed by atoms with E-state index in [1.807, 2.05) is 36.4 Å². The van der Waals surface area contributed by atoms with Gasteiger partial charge in [0.2, 0.25) is 0 Å². The van der Waals surface area contributed by atoms with Gasteiger partial charge in [-0.15, -0.1) is 0 Å². The molecule has 0 aliphatic carbocycles.